The van der Waals surface area contributed by atoms with E-state index in [0.717, 1.165) is 17.7 Å². The van der Waals surface area contributed by atoms with Crippen LogP contribution in [0.5, 0.6) is 5.75 Å². The van der Waals surface area contributed by atoms with Crippen LogP contribution >= 0.6 is 0 Å². The van der Waals surface area contributed by atoms with E-state index in [9.17, 15) is 30.0 Å². The van der Waals surface area contributed by atoms with Gasteiger partial charge in [0.25, 0.3) is 10.0 Å². The Kier molecular flexibility index (Phi) is 6.89. The van der Waals surface area contributed by atoms with Crippen molar-refractivity contribution < 1.29 is 34.2 Å². The molecular weight excluding hydrogens is 481 g/mol. The molecule has 0 aromatic heterocycles. The quantitative estimate of drug-likeness (QED) is 0.332. The Bertz CT molecular complexity index is 1370. The highest BCUT2D eigenvalue weighted by Crippen LogP contribution is 2.30. The number of halogens is 3. The Hall–Kier alpha value is -3.25. The minimum absolute atomic E-state index is 0.0498. The van der Waals surface area contributed by atoms with Crippen molar-refractivity contribution in [3.63, 3.8) is 0 Å². The Morgan fingerprint density at radius 3 is 2.00 bits per heavy atom. The number of alkyl halides is 3. The van der Waals surface area contributed by atoms with Crippen LogP contribution in [0.1, 0.15) is 16.7 Å². The van der Waals surface area contributed by atoms with Gasteiger partial charge < -0.3 is 4.18 Å². The summed E-state index contributed by atoms with van der Waals surface area (Å²) in [6.07, 6.45) is -4.61. The molecule has 0 radical (unpaired) electrons. The van der Waals surface area contributed by atoms with Crippen molar-refractivity contribution in [2.45, 2.75) is 29.4 Å². The zero-order valence-electron chi connectivity index (χ0n) is 17.0. The third-order valence-electron chi connectivity index (χ3n) is 4.37. The molecule has 0 saturated heterocycles. The molecule has 0 unspecified atom stereocenters. The van der Waals surface area contributed by atoms with E-state index >= 15 is 0 Å². The molecule has 0 spiro atoms. The normalized spacial score (nSPS) is 12.7. The van der Waals surface area contributed by atoms with Gasteiger partial charge in [0.2, 0.25) is 0 Å². The molecule has 0 amide bonds. The fourth-order valence-corrected chi connectivity index (χ4v) is 4.38. The lowest BCUT2D eigenvalue weighted by Gasteiger charge is -2.11. The second kappa shape index (κ2) is 9.32. The van der Waals surface area contributed by atoms with Crippen molar-refractivity contribution in [3.8, 4) is 5.75 Å². The average molecular weight is 499 g/mol. The van der Waals surface area contributed by atoms with E-state index in [0.29, 0.717) is 12.1 Å². The topological polar surface area (TPSA) is 102 Å². The van der Waals surface area contributed by atoms with E-state index in [1.54, 1.807) is 25.1 Å². The van der Waals surface area contributed by atoms with E-state index in [4.69, 9.17) is 4.18 Å². The van der Waals surface area contributed by atoms with Gasteiger partial charge in [-0.1, -0.05) is 40.4 Å². The van der Waals surface area contributed by atoms with E-state index in [2.05, 4.69) is 9.63 Å². The Morgan fingerprint density at radius 2 is 1.39 bits per heavy atom. The third kappa shape index (κ3) is 6.17. The lowest BCUT2D eigenvalue weighted by Crippen LogP contribution is -2.12. The summed E-state index contributed by atoms with van der Waals surface area (Å²) in [5.74, 6) is -0.163. The summed E-state index contributed by atoms with van der Waals surface area (Å²) in [5, 5.41) is 3.65. The molecule has 174 valence electrons. The van der Waals surface area contributed by atoms with Crippen molar-refractivity contribution in [1.82, 2.24) is 0 Å². The standard InChI is InChI=1S/C21H17F3N2O5S2/c1-15-6-10-18(11-7-15)32(27,28)26-25-14-16-4-2-3-5-20(16)31-33(29,30)19-12-8-17(9-13-19)21(22,23)24/h2-13H,14H2,1H3. The summed E-state index contributed by atoms with van der Waals surface area (Å²) in [6, 6.07) is 14.6. The van der Waals surface area contributed by atoms with Crippen LogP contribution in [0.25, 0.3) is 0 Å². The van der Waals surface area contributed by atoms with Gasteiger partial charge in [-0.15, -0.1) is 0 Å². The molecule has 0 fully saturated rings. The van der Waals surface area contributed by atoms with Crippen molar-refractivity contribution in [2.75, 3.05) is 0 Å². The zero-order chi connectivity index (χ0) is 24.3. The van der Waals surface area contributed by atoms with Crippen LogP contribution in [-0.4, -0.2) is 16.8 Å². The van der Waals surface area contributed by atoms with Gasteiger partial charge in [0.05, 0.1) is 17.0 Å². The molecule has 0 saturated carbocycles. The van der Waals surface area contributed by atoms with Crippen LogP contribution in [-0.2, 0) is 32.9 Å². The first kappa shape index (κ1) is 24.4. The molecule has 0 aliphatic rings. The first-order valence-corrected chi connectivity index (χ1v) is 12.1. The fraction of sp³-hybridized carbons (Fsp3) is 0.143. The molecule has 7 nitrogen and oxygen atoms in total. The Balaban J connectivity index is 1.79. The molecule has 0 bridgehead atoms. The maximum absolute atomic E-state index is 12.7. The molecule has 3 aromatic rings. The third-order valence-corrected chi connectivity index (χ3v) is 6.81. The molecule has 0 atom stereocenters. The van der Waals surface area contributed by atoms with Crippen LogP contribution in [0.2, 0.25) is 0 Å². The number of sulfonamides is 1. The van der Waals surface area contributed by atoms with E-state index < -0.39 is 36.8 Å². The Labute approximate surface area is 188 Å². The van der Waals surface area contributed by atoms with Gasteiger partial charge in [-0.05, 0) is 49.4 Å². The fourth-order valence-electron chi connectivity index (χ4n) is 2.63. The highest BCUT2D eigenvalue weighted by molar-refractivity contribution is 7.90. The van der Waals surface area contributed by atoms with Crippen LogP contribution in [0.15, 0.2) is 92.2 Å². The highest BCUT2D eigenvalue weighted by Gasteiger charge is 2.31. The smallest absolute Gasteiger partial charge is 0.379 e. The van der Waals surface area contributed by atoms with E-state index in [-0.39, 0.29) is 22.8 Å². The first-order valence-electron chi connectivity index (χ1n) is 9.29. The molecule has 12 heteroatoms. The number of benzene rings is 3. The van der Waals surface area contributed by atoms with Gasteiger partial charge in [0.1, 0.15) is 10.6 Å². The molecule has 0 N–H and O–H groups in total. The van der Waals surface area contributed by atoms with Gasteiger partial charge in [-0.2, -0.15) is 35.1 Å². The summed E-state index contributed by atoms with van der Waals surface area (Å²) in [4.78, 5) is -0.528. The summed E-state index contributed by atoms with van der Waals surface area (Å²) >= 11 is 0. The molecule has 0 aliphatic carbocycles. The summed E-state index contributed by atoms with van der Waals surface area (Å²) in [7, 11) is -8.50. The maximum atomic E-state index is 12.7. The summed E-state index contributed by atoms with van der Waals surface area (Å²) < 4.78 is 96.1. The number of hydrogen-bond donors (Lipinski definition) is 0. The van der Waals surface area contributed by atoms with Crippen molar-refractivity contribution in [2.24, 2.45) is 9.63 Å². The Morgan fingerprint density at radius 1 is 0.818 bits per heavy atom. The van der Waals surface area contributed by atoms with E-state index in [1.165, 1.54) is 30.3 Å². The predicted molar refractivity (Wildman–Crippen MR) is 113 cm³/mol. The molecule has 3 aromatic carbocycles. The van der Waals surface area contributed by atoms with Gasteiger partial charge >= 0.3 is 16.3 Å². The molecule has 33 heavy (non-hydrogen) atoms. The number of nitrogens with zero attached hydrogens (tertiary/aromatic N) is 2. The lowest BCUT2D eigenvalue weighted by atomic mass is 10.2. The minimum atomic E-state index is -4.61. The summed E-state index contributed by atoms with van der Waals surface area (Å²) in [5.41, 5.74) is 0.0686. The van der Waals surface area contributed by atoms with Gasteiger partial charge in [0.15, 0.2) is 0 Å². The second-order valence-electron chi connectivity index (χ2n) is 6.84. The van der Waals surface area contributed by atoms with Crippen LogP contribution < -0.4 is 4.18 Å². The monoisotopic (exact) mass is 498 g/mol. The van der Waals surface area contributed by atoms with Gasteiger partial charge in [-0.3, -0.25) is 0 Å². The van der Waals surface area contributed by atoms with Crippen molar-refractivity contribution in [1.29, 1.82) is 0 Å². The number of hydrogen-bond acceptors (Lipinski definition) is 6. The maximum Gasteiger partial charge on any atom is 0.416 e. The van der Waals surface area contributed by atoms with Gasteiger partial charge in [-0.25, -0.2) is 0 Å². The molecule has 0 heterocycles. The molecule has 3 rings (SSSR count). The minimum Gasteiger partial charge on any atom is -0.379 e. The van der Waals surface area contributed by atoms with E-state index in [1.807, 2.05) is 0 Å². The zero-order valence-corrected chi connectivity index (χ0v) is 18.7. The molecule has 0 aliphatic heterocycles. The van der Waals surface area contributed by atoms with Crippen LogP contribution in [0.4, 0.5) is 13.2 Å². The van der Waals surface area contributed by atoms with Crippen molar-refractivity contribution in [3.05, 3.63) is 89.5 Å². The number of rotatable bonds is 7. The number of para-hydroxylation sites is 1. The predicted octanol–water partition coefficient (Wildman–Crippen LogP) is 5.12. The van der Waals surface area contributed by atoms with Crippen LogP contribution in [0.3, 0.4) is 0 Å². The highest BCUT2D eigenvalue weighted by atomic mass is 32.2. The first-order chi connectivity index (χ1) is 15.4. The van der Waals surface area contributed by atoms with Crippen molar-refractivity contribution >= 4 is 20.1 Å². The molecular formula is C21H17F3N2O5S2. The largest absolute Gasteiger partial charge is 0.416 e. The SMILES string of the molecule is Cc1ccc(S(=O)(=O)N=NCc2ccccc2OS(=O)(=O)c2ccc(C(F)(F)F)cc2)cc1. The summed E-state index contributed by atoms with van der Waals surface area (Å²) in [6.45, 7) is 1.48. The second-order valence-corrected chi connectivity index (χ2v) is 9.97. The van der Waals surface area contributed by atoms with Crippen LogP contribution in [0, 0.1) is 6.92 Å². The van der Waals surface area contributed by atoms with Gasteiger partial charge in [0, 0.05) is 5.56 Å². The lowest BCUT2D eigenvalue weighted by molar-refractivity contribution is -0.137. The number of aryl methyl sites for hydroxylation is 1. The average Bonchev–Trinajstić information content (AvgIpc) is 2.74.